The zero-order valence-electron chi connectivity index (χ0n) is 14.6. The van der Waals surface area contributed by atoms with Crippen LogP contribution in [-0.2, 0) is 5.88 Å². The van der Waals surface area contributed by atoms with Crippen LogP contribution in [0.3, 0.4) is 0 Å². The molecule has 5 nitrogen and oxygen atoms in total. The van der Waals surface area contributed by atoms with E-state index in [1.54, 1.807) is 18.3 Å². The van der Waals surface area contributed by atoms with E-state index >= 15 is 0 Å². The van der Waals surface area contributed by atoms with Gasteiger partial charge in [-0.15, -0.1) is 11.6 Å². The van der Waals surface area contributed by atoms with Crippen molar-refractivity contribution in [3.8, 4) is 11.8 Å². The number of benzene rings is 2. The molecule has 1 aliphatic rings. The normalized spacial score (nSPS) is 15.6. The molecule has 0 spiro atoms. The third-order valence-corrected chi connectivity index (χ3v) is 4.25. The number of nitrogens with one attached hydrogen (secondary N) is 2. The Labute approximate surface area is 158 Å². The van der Waals surface area contributed by atoms with Crippen LogP contribution in [0.25, 0.3) is 0 Å². The van der Waals surface area contributed by atoms with E-state index < -0.39 is 0 Å². The number of rotatable bonds is 4. The van der Waals surface area contributed by atoms with Crippen LogP contribution in [0, 0.1) is 25.2 Å². The van der Waals surface area contributed by atoms with E-state index in [0.717, 1.165) is 28.1 Å². The van der Waals surface area contributed by atoms with Gasteiger partial charge in [-0.2, -0.15) is 5.26 Å². The fourth-order valence-electron chi connectivity index (χ4n) is 2.75. The topological polar surface area (TPSA) is 69.4 Å². The van der Waals surface area contributed by atoms with Crippen LogP contribution < -0.4 is 15.4 Å². The molecule has 1 atom stereocenters. The molecule has 2 N–H and O–H groups in total. The summed E-state index contributed by atoms with van der Waals surface area (Å²) in [4.78, 5) is 4.28. The first-order chi connectivity index (χ1) is 12.6. The molecule has 0 saturated carbocycles. The number of anilines is 1. The summed E-state index contributed by atoms with van der Waals surface area (Å²) in [6.07, 6.45) is 3.20. The molecule has 0 fully saturated rings. The molecule has 6 heteroatoms. The summed E-state index contributed by atoms with van der Waals surface area (Å²) in [5.41, 5.74) is 4.61. The monoisotopic (exact) mass is 366 g/mol. The summed E-state index contributed by atoms with van der Waals surface area (Å²) < 4.78 is 6.12. The molecule has 0 radical (unpaired) electrons. The third kappa shape index (κ3) is 4.16. The van der Waals surface area contributed by atoms with Gasteiger partial charge in [0.15, 0.2) is 6.23 Å². The maximum atomic E-state index is 8.86. The molecule has 1 aliphatic heterocycles. The van der Waals surface area contributed by atoms with Gasteiger partial charge in [0, 0.05) is 17.8 Å². The zero-order valence-corrected chi connectivity index (χ0v) is 15.3. The number of alkyl halides is 1. The molecule has 0 saturated heterocycles. The van der Waals surface area contributed by atoms with Crippen molar-refractivity contribution in [2.24, 2.45) is 4.99 Å². The van der Waals surface area contributed by atoms with Gasteiger partial charge in [-0.3, -0.25) is 0 Å². The average molecular weight is 367 g/mol. The van der Waals surface area contributed by atoms with Crippen molar-refractivity contribution < 1.29 is 4.74 Å². The Kier molecular flexibility index (Phi) is 5.45. The van der Waals surface area contributed by atoms with Gasteiger partial charge in [0.1, 0.15) is 5.75 Å². The maximum Gasteiger partial charge on any atom is 0.203 e. The molecular formula is C20H19ClN4O. The molecule has 0 aromatic heterocycles. The highest BCUT2D eigenvalue weighted by Gasteiger charge is 2.16. The van der Waals surface area contributed by atoms with Crippen LogP contribution in [0.15, 0.2) is 53.7 Å². The lowest BCUT2D eigenvalue weighted by molar-refractivity contribution is 0.230. The SMILES string of the molecule is Cc1cc(CCl)cc(C)c1OC1C=CN=C(Nc2ccc(C#N)cc2)N1. The van der Waals surface area contributed by atoms with E-state index in [-0.39, 0.29) is 6.23 Å². The van der Waals surface area contributed by atoms with Crippen molar-refractivity contribution in [2.75, 3.05) is 5.32 Å². The number of hydrogen-bond donors (Lipinski definition) is 2. The highest BCUT2D eigenvalue weighted by Crippen LogP contribution is 2.26. The number of ether oxygens (including phenoxy) is 1. The van der Waals surface area contributed by atoms with Gasteiger partial charge < -0.3 is 15.4 Å². The number of guanidine groups is 1. The Balaban J connectivity index is 1.68. The minimum Gasteiger partial charge on any atom is -0.466 e. The van der Waals surface area contributed by atoms with Crippen molar-refractivity contribution in [3.63, 3.8) is 0 Å². The quantitative estimate of drug-likeness (QED) is 0.795. The fourth-order valence-corrected chi connectivity index (χ4v) is 2.90. The molecule has 3 rings (SSSR count). The number of nitrogens with zero attached hydrogens (tertiary/aromatic N) is 2. The van der Waals surface area contributed by atoms with Gasteiger partial charge in [0.2, 0.25) is 5.96 Å². The largest absolute Gasteiger partial charge is 0.466 e. The Morgan fingerprint density at radius 2 is 1.92 bits per heavy atom. The van der Waals surface area contributed by atoms with Crippen molar-refractivity contribution >= 4 is 23.2 Å². The van der Waals surface area contributed by atoms with E-state index in [2.05, 4.69) is 21.7 Å². The smallest absolute Gasteiger partial charge is 0.203 e. The van der Waals surface area contributed by atoms with E-state index in [4.69, 9.17) is 21.6 Å². The third-order valence-electron chi connectivity index (χ3n) is 3.94. The van der Waals surface area contributed by atoms with Crippen molar-refractivity contribution in [2.45, 2.75) is 26.0 Å². The first-order valence-corrected chi connectivity index (χ1v) is 8.73. The Morgan fingerprint density at radius 3 is 2.54 bits per heavy atom. The summed E-state index contributed by atoms with van der Waals surface area (Å²) in [5, 5.41) is 15.2. The summed E-state index contributed by atoms with van der Waals surface area (Å²) in [7, 11) is 0. The zero-order chi connectivity index (χ0) is 18.5. The van der Waals surface area contributed by atoms with Crippen LogP contribution in [0.4, 0.5) is 5.69 Å². The molecule has 132 valence electrons. The molecule has 0 amide bonds. The first kappa shape index (κ1) is 17.8. The summed E-state index contributed by atoms with van der Waals surface area (Å²) in [6.45, 7) is 4.02. The second kappa shape index (κ2) is 7.94. The van der Waals surface area contributed by atoms with Gasteiger partial charge >= 0.3 is 0 Å². The van der Waals surface area contributed by atoms with Crippen LogP contribution in [0.1, 0.15) is 22.3 Å². The Morgan fingerprint density at radius 1 is 1.23 bits per heavy atom. The van der Waals surface area contributed by atoms with Gasteiger partial charge in [-0.25, -0.2) is 4.99 Å². The summed E-state index contributed by atoms with van der Waals surface area (Å²) in [6, 6.07) is 13.3. The van der Waals surface area contributed by atoms with E-state index in [9.17, 15) is 0 Å². The predicted octanol–water partition coefficient (Wildman–Crippen LogP) is 4.20. The Hall–Kier alpha value is -2.97. The van der Waals surface area contributed by atoms with Gasteiger partial charge in [0.05, 0.1) is 11.6 Å². The molecule has 0 bridgehead atoms. The fraction of sp³-hybridized carbons (Fsp3) is 0.200. The first-order valence-electron chi connectivity index (χ1n) is 8.20. The average Bonchev–Trinajstić information content (AvgIpc) is 2.65. The predicted molar refractivity (Wildman–Crippen MR) is 104 cm³/mol. The highest BCUT2D eigenvalue weighted by molar-refractivity contribution is 6.17. The summed E-state index contributed by atoms with van der Waals surface area (Å²) >= 11 is 5.92. The van der Waals surface area contributed by atoms with Gasteiger partial charge in [-0.1, -0.05) is 12.1 Å². The van der Waals surface area contributed by atoms with E-state index in [0.29, 0.717) is 17.4 Å². The number of halogens is 1. The molecule has 1 heterocycles. The van der Waals surface area contributed by atoms with Gasteiger partial charge in [0.25, 0.3) is 0 Å². The summed E-state index contributed by atoms with van der Waals surface area (Å²) in [5.74, 6) is 1.89. The van der Waals surface area contributed by atoms with Gasteiger partial charge in [-0.05, 0) is 60.9 Å². The van der Waals surface area contributed by atoms with Crippen LogP contribution in [-0.4, -0.2) is 12.2 Å². The van der Waals surface area contributed by atoms with E-state index in [1.807, 2.05) is 44.2 Å². The van der Waals surface area contributed by atoms with Crippen molar-refractivity contribution in [1.82, 2.24) is 5.32 Å². The molecule has 1 unspecified atom stereocenters. The van der Waals surface area contributed by atoms with Crippen LogP contribution in [0.2, 0.25) is 0 Å². The minimum atomic E-state index is -0.340. The lowest BCUT2D eigenvalue weighted by Gasteiger charge is -2.24. The number of nitriles is 1. The molecule has 0 aliphatic carbocycles. The highest BCUT2D eigenvalue weighted by atomic mass is 35.5. The van der Waals surface area contributed by atoms with Crippen LogP contribution >= 0.6 is 11.6 Å². The minimum absolute atomic E-state index is 0.340. The number of aryl methyl sites for hydroxylation is 2. The van der Waals surface area contributed by atoms with Crippen LogP contribution in [0.5, 0.6) is 5.75 Å². The lowest BCUT2D eigenvalue weighted by Crippen LogP contribution is -2.43. The lowest BCUT2D eigenvalue weighted by atomic mass is 10.1. The second-order valence-corrected chi connectivity index (χ2v) is 6.28. The molecular weight excluding hydrogens is 348 g/mol. The number of hydrogen-bond acceptors (Lipinski definition) is 5. The standard InChI is InChI=1S/C20H19ClN4O/c1-13-9-16(11-21)10-14(2)19(13)26-18-7-8-23-20(25-18)24-17-5-3-15(12-22)4-6-17/h3-10,18H,11H2,1-2H3,(H2,23,24,25). The molecule has 2 aromatic carbocycles. The second-order valence-electron chi connectivity index (χ2n) is 6.01. The van der Waals surface area contributed by atoms with Crippen molar-refractivity contribution in [3.05, 3.63) is 70.9 Å². The molecule has 26 heavy (non-hydrogen) atoms. The maximum absolute atomic E-state index is 8.86. The van der Waals surface area contributed by atoms with E-state index in [1.165, 1.54) is 0 Å². The molecule has 2 aromatic rings. The number of aliphatic imine (C=N–C) groups is 1. The van der Waals surface area contributed by atoms with Crippen molar-refractivity contribution in [1.29, 1.82) is 5.26 Å². The Bertz CT molecular complexity index is 874.